The molecule has 0 amide bonds. The first-order valence-corrected chi connectivity index (χ1v) is 4.10. The van der Waals surface area contributed by atoms with Gasteiger partial charge in [-0.25, -0.2) is 0 Å². The molecule has 0 aromatic heterocycles. The average Bonchev–Trinajstić information content (AvgIpc) is 2.48. The lowest BCUT2D eigenvalue weighted by Crippen LogP contribution is -2.45. The van der Waals surface area contributed by atoms with E-state index < -0.39 is 0 Å². The molecule has 10 heavy (non-hydrogen) atoms. The highest BCUT2D eigenvalue weighted by Crippen LogP contribution is 2.26. The van der Waals surface area contributed by atoms with Gasteiger partial charge in [-0.1, -0.05) is 12.2 Å². The van der Waals surface area contributed by atoms with Crippen LogP contribution in [0.15, 0.2) is 0 Å². The Morgan fingerprint density at radius 1 is 1.60 bits per heavy atom. The van der Waals surface area contributed by atoms with Crippen LogP contribution in [0.5, 0.6) is 0 Å². The molecule has 0 aromatic carbocycles. The summed E-state index contributed by atoms with van der Waals surface area (Å²) in [5, 5.41) is 3.42. The lowest BCUT2D eigenvalue weighted by atomic mass is 9.97. The smallest absolute Gasteiger partial charge is 0.0757 e. The highest BCUT2D eigenvalue weighted by Gasteiger charge is 2.41. The van der Waals surface area contributed by atoms with Crippen molar-refractivity contribution in [2.24, 2.45) is 0 Å². The van der Waals surface area contributed by atoms with Crippen molar-refractivity contribution in [2.75, 3.05) is 19.8 Å². The number of rotatable bonds is 0. The largest absolute Gasteiger partial charge is 0.379 e. The molecule has 0 aliphatic carbocycles. The molecule has 56 valence electrons. The Morgan fingerprint density at radius 2 is 2.50 bits per heavy atom. The second-order valence-electron chi connectivity index (χ2n) is 2.98. The van der Waals surface area contributed by atoms with E-state index in [-0.39, 0.29) is 5.54 Å². The van der Waals surface area contributed by atoms with Crippen molar-refractivity contribution in [1.29, 1.82) is 0 Å². The Bertz CT molecular complexity index is 157. The van der Waals surface area contributed by atoms with Gasteiger partial charge in [0.2, 0.25) is 0 Å². The maximum atomic E-state index is 5.30. The van der Waals surface area contributed by atoms with Crippen LogP contribution in [0, 0.1) is 0 Å². The normalized spacial score (nSPS) is 39.8. The molecule has 1 atom stereocenters. The molecule has 0 radical (unpaired) electrons. The number of hydrogen-bond donors (Lipinski definition) is 1. The minimum Gasteiger partial charge on any atom is -0.379 e. The summed E-state index contributed by atoms with van der Waals surface area (Å²) in [6, 6.07) is 0. The zero-order valence-electron chi connectivity index (χ0n) is 5.85. The van der Waals surface area contributed by atoms with Crippen molar-refractivity contribution in [2.45, 2.75) is 18.4 Å². The number of thiocarbonyl (C=S) groups is 1. The van der Waals surface area contributed by atoms with Crippen molar-refractivity contribution < 1.29 is 4.74 Å². The van der Waals surface area contributed by atoms with Crippen LogP contribution < -0.4 is 5.32 Å². The number of hydrogen-bond acceptors (Lipinski definition) is 3. The van der Waals surface area contributed by atoms with E-state index in [1.165, 1.54) is 4.86 Å². The molecule has 0 saturated carbocycles. The van der Waals surface area contributed by atoms with Crippen LogP contribution in [0.2, 0.25) is 0 Å². The van der Waals surface area contributed by atoms with Crippen LogP contribution in [0.3, 0.4) is 0 Å². The van der Waals surface area contributed by atoms with E-state index in [1.54, 1.807) is 0 Å². The van der Waals surface area contributed by atoms with Crippen molar-refractivity contribution in [3.8, 4) is 0 Å². The van der Waals surface area contributed by atoms with Crippen LogP contribution in [0.25, 0.3) is 0 Å². The summed E-state index contributed by atoms with van der Waals surface area (Å²) >= 11 is 5.25. The third kappa shape index (κ3) is 0.813. The third-order valence-corrected chi connectivity index (χ3v) is 2.97. The molecule has 2 heterocycles. The molecule has 1 N–H and O–H groups in total. The molecular formula is C7H11NOS. The number of ether oxygens (including phenoxy) is 1. The minimum atomic E-state index is 0.106. The molecule has 2 aliphatic rings. The zero-order valence-corrected chi connectivity index (χ0v) is 6.67. The SMILES string of the molecule is S=C1CCNC12CCOC2. The molecule has 2 aliphatic heterocycles. The van der Waals surface area contributed by atoms with Gasteiger partial charge in [-0.2, -0.15) is 0 Å². The Kier molecular flexibility index (Phi) is 1.51. The van der Waals surface area contributed by atoms with Gasteiger partial charge in [0.15, 0.2) is 0 Å². The topological polar surface area (TPSA) is 21.3 Å². The molecule has 2 saturated heterocycles. The van der Waals surface area contributed by atoms with E-state index in [0.29, 0.717) is 0 Å². The quantitative estimate of drug-likeness (QED) is 0.518. The molecule has 2 fully saturated rings. The highest BCUT2D eigenvalue weighted by molar-refractivity contribution is 7.80. The summed E-state index contributed by atoms with van der Waals surface area (Å²) in [5.74, 6) is 0. The first-order valence-electron chi connectivity index (χ1n) is 3.70. The van der Waals surface area contributed by atoms with E-state index >= 15 is 0 Å². The Hall–Kier alpha value is 0.0100. The minimum absolute atomic E-state index is 0.106. The van der Waals surface area contributed by atoms with Crippen molar-refractivity contribution >= 4 is 17.1 Å². The van der Waals surface area contributed by atoms with Gasteiger partial charge in [-0.15, -0.1) is 0 Å². The summed E-state index contributed by atoms with van der Waals surface area (Å²) in [6.07, 6.45) is 2.13. The first kappa shape index (κ1) is 6.70. The van der Waals surface area contributed by atoms with Crippen LogP contribution >= 0.6 is 12.2 Å². The van der Waals surface area contributed by atoms with Crippen LogP contribution in [0.1, 0.15) is 12.8 Å². The molecule has 2 nitrogen and oxygen atoms in total. The van der Waals surface area contributed by atoms with Crippen molar-refractivity contribution in [3.63, 3.8) is 0 Å². The molecule has 3 heteroatoms. The molecular weight excluding hydrogens is 146 g/mol. The second-order valence-corrected chi connectivity index (χ2v) is 3.48. The fourth-order valence-corrected chi connectivity index (χ4v) is 2.01. The molecule has 1 unspecified atom stereocenters. The van der Waals surface area contributed by atoms with Gasteiger partial charge in [-0.05, 0) is 12.8 Å². The third-order valence-electron chi connectivity index (χ3n) is 2.37. The van der Waals surface area contributed by atoms with Crippen LogP contribution in [-0.4, -0.2) is 30.2 Å². The van der Waals surface area contributed by atoms with Gasteiger partial charge in [0, 0.05) is 18.0 Å². The summed E-state index contributed by atoms with van der Waals surface area (Å²) in [6.45, 7) is 2.71. The summed E-state index contributed by atoms with van der Waals surface area (Å²) < 4.78 is 5.30. The molecule has 0 bridgehead atoms. The Labute approximate surface area is 65.9 Å². The van der Waals surface area contributed by atoms with Crippen LogP contribution in [-0.2, 0) is 4.74 Å². The molecule has 1 spiro atoms. The van der Waals surface area contributed by atoms with Gasteiger partial charge in [0.25, 0.3) is 0 Å². The standard InChI is InChI=1S/C7H11NOS/c10-6-1-3-8-7(6)2-4-9-5-7/h8H,1-5H2. The highest BCUT2D eigenvalue weighted by atomic mass is 32.1. The van der Waals surface area contributed by atoms with Gasteiger partial charge in [0.1, 0.15) is 0 Å². The summed E-state index contributed by atoms with van der Waals surface area (Å²) in [4.78, 5) is 1.17. The summed E-state index contributed by atoms with van der Waals surface area (Å²) in [5.41, 5.74) is 0.106. The monoisotopic (exact) mass is 157 g/mol. The second kappa shape index (κ2) is 2.26. The molecule has 0 aromatic rings. The van der Waals surface area contributed by atoms with Gasteiger partial charge < -0.3 is 10.1 Å². The van der Waals surface area contributed by atoms with E-state index in [0.717, 1.165) is 32.6 Å². The van der Waals surface area contributed by atoms with Crippen LogP contribution in [0.4, 0.5) is 0 Å². The maximum Gasteiger partial charge on any atom is 0.0757 e. The van der Waals surface area contributed by atoms with E-state index in [4.69, 9.17) is 17.0 Å². The Morgan fingerprint density at radius 3 is 3.00 bits per heavy atom. The lowest BCUT2D eigenvalue weighted by molar-refractivity contribution is 0.185. The average molecular weight is 157 g/mol. The zero-order chi connectivity index (χ0) is 7.03. The van der Waals surface area contributed by atoms with E-state index in [9.17, 15) is 0 Å². The predicted molar refractivity (Wildman–Crippen MR) is 43.4 cm³/mol. The van der Waals surface area contributed by atoms with Crippen molar-refractivity contribution in [3.05, 3.63) is 0 Å². The lowest BCUT2D eigenvalue weighted by Gasteiger charge is -2.20. The van der Waals surface area contributed by atoms with Gasteiger partial charge in [-0.3, -0.25) is 0 Å². The summed E-state index contributed by atoms with van der Waals surface area (Å²) in [7, 11) is 0. The van der Waals surface area contributed by atoms with Crippen molar-refractivity contribution in [1.82, 2.24) is 5.32 Å². The molecule has 2 rings (SSSR count). The Balaban J connectivity index is 2.19. The van der Waals surface area contributed by atoms with Gasteiger partial charge in [0.05, 0.1) is 12.1 Å². The van der Waals surface area contributed by atoms with E-state index in [2.05, 4.69) is 5.32 Å². The van der Waals surface area contributed by atoms with E-state index in [1.807, 2.05) is 0 Å². The fraction of sp³-hybridized carbons (Fsp3) is 0.857. The fourth-order valence-electron chi connectivity index (χ4n) is 1.68. The first-order chi connectivity index (χ1) is 4.83. The predicted octanol–water partition coefficient (Wildman–Crippen LogP) is 0.509. The number of nitrogens with one attached hydrogen (secondary N) is 1. The van der Waals surface area contributed by atoms with Gasteiger partial charge >= 0.3 is 0 Å². The maximum absolute atomic E-state index is 5.30.